The van der Waals surface area contributed by atoms with Crippen molar-refractivity contribution in [1.29, 1.82) is 0 Å². The van der Waals surface area contributed by atoms with Gasteiger partial charge in [-0.2, -0.15) is 0 Å². The van der Waals surface area contributed by atoms with Gasteiger partial charge in [0.2, 0.25) is 5.91 Å². The van der Waals surface area contributed by atoms with E-state index in [-0.39, 0.29) is 22.5 Å². The Balaban J connectivity index is 1.66. The second kappa shape index (κ2) is 7.18. The van der Waals surface area contributed by atoms with Crippen molar-refractivity contribution >= 4 is 29.0 Å². The molecule has 25 heavy (non-hydrogen) atoms. The molecule has 10 heteroatoms. The molecule has 2 aromatic heterocycles. The zero-order valence-electron chi connectivity index (χ0n) is 12.9. The third-order valence-corrected chi connectivity index (χ3v) is 4.08. The Hall–Kier alpha value is -3.14. The average molecular weight is 360 g/mol. The zero-order chi connectivity index (χ0) is 17.8. The number of hydrogen-bond acceptors (Lipinski definition) is 8. The number of amides is 1. The molecule has 0 unspecified atom stereocenters. The Labute approximate surface area is 145 Å². The van der Waals surface area contributed by atoms with Crippen LogP contribution in [0.5, 0.6) is 0 Å². The first-order valence-corrected chi connectivity index (χ1v) is 8.01. The predicted molar refractivity (Wildman–Crippen MR) is 89.0 cm³/mol. The summed E-state index contributed by atoms with van der Waals surface area (Å²) in [5, 5.41) is 20.8. The molecule has 0 saturated carbocycles. The molecular formula is C15H12N4O5S. The van der Waals surface area contributed by atoms with Crippen LogP contribution >= 0.6 is 11.8 Å². The molecule has 0 saturated heterocycles. The van der Waals surface area contributed by atoms with Gasteiger partial charge >= 0.3 is 0 Å². The summed E-state index contributed by atoms with van der Waals surface area (Å²) in [6.45, 7) is 1.63. The average Bonchev–Trinajstić information content (AvgIpc) is 3.26. The van der Waals surface area contributed by atoms with Gasteiger partial charge in [-0.05, 0) is 25.1 Å². The van der Waals surface area contributed by atoms with Gasteiger partial charge in [0, 0.05) is 6.07 Å². The van der Waals surface area contributed by atoms with Crippen molar-refractivity contribution in [1.82, 2.24) is 10.2 Å². The third kappa shape index (κ3) is 3.86. The second-order valence-corrected chi connectivity index (χ2v) is 6.17. The molecule has 0 spiro atoms. The van der Waals surface area contributed by atoms with Gasteiger partial charge in [0.1, 0.15) is 5.69 Å². The summed E-state index contributed by atoms with van der Waals surface area (Å²) < 4.78 is 10.6. The molecule has 0 aliphatic rings. The molecule has 3 aromatic rings. The number of anilines is 1. The topological polar surface area (TPSA) is 124 Å². The Kier molecular flexibility index (Phi) is 4.80. The maximum absolute atomic E-state index is 12.3. The third-order valence-electron chi connectivity index (χ3n) is 3.14. The van der Waals surface area contributed by atoms with Gasteiger partial charge in [-0.25, -0.2) is 0 Å². The van der Waals surface area contributed by atoms with Crippen molar-refractivity contribution < 1.29 is 18.6 Å². The van der Waals surface area contributed by atoms with Crippen LogP contribution in [0.3, 0.4) is 0 Å². The molecule has 3 rings (SSSR count). The molecule has 0 fully saturated rings. The van der Waals surface area contributed by atoms with E-state index in [1.54, 1.807) is 25.1 Å². The molecule has 1 N–H and O–H groups in total. The van der Waals surface area contributed by atoms with Gasteiger partial charge in [-0.1, -0.05) is 23.9 Å². The largest absolute Gasteiger partial charge is 0.459 e. The summed E-state index contributed by atoms with van der Waals surface area (Å²) in [6.07, 6.45) is 1.48. The van der Waals surface area contributed by atoms with Gasteiger partial charge in [0.15, 0.2) is 5.76 Å². The van der Waals surface area contributed by atoms with Crippen LogP contribution in [0.15, 0.2) is 56.7 Å². The maximum atomic E-state index is 12.3. The van der Waals surface area contributed by atoms with E-state index in [0.29, 0.717) is 5.76 Å². The molecule has 9 nitrogen and oxygen atoms in total. The van der Waals surface area contributed by atoms with E-state index in [1.165, 1.54) is 24.5 Å². The van der Waals surface area contributed by atoms with Crippen molar-refractivity contribution in [3.05, 3.63) is 52.8 Å². The van der Waals surface area contributed by atoms with Gasteiger partial charge in [0.25, 0.3) is 16.8 Å². The fourth-order valence-electron chi connectivity index (χ4n) is 1.93. The normalized spacial score (nSPS) is 11.9. The van der Waals surface area contributed by atoms with E-state index < -0.39 is 16.1 Å². The Morgan fingerprint density at radius 3 is 2.80 bits per heavy atom. The number of aromatic nitrogens is 2. The first-order valence-electron chi connectivity index (χ1n) is 7.13. The van der Waals surface area contributed by atoms with Crippen molar-refractivity contribution in [3.63, 3.8) is 0 Å². The number of thioether (sulfide) groups is 1. The number of furan rings is 1. The standard InChI is InChI=1S/C15H12N4O5S/c1-9(13(20)16-10-5-2-3-6-11(10)19(21)22)25-15-18-17-14(24-15)12-7-4-8-23-12/h2-9H,1H3,(H,16,20)/t9-/m0/s1. The molecule has 128 valence electrons. The molecule has 2 heterocycles. The number of rotatable bonds is 6. The quantitative estimate of drug-likeness (QED) is 0.403. The van der Waals surface area contributed by atoms with E-state index in [2.05, 4.69) is 15.5 Å². The number of carbonyl (C=O) groups excluding carboxylic acids is 1. The molecule has 0 aliphatic heterocycles. The molecule has 0 radical (unpaired) electrons. The molecule has 0 aliphatic carbocycles. The minimum absolute atomic E-state index is 0.131. The summed E-state index contributed by atoms with van der Waals surface area (Å²) in [6, 6.07) is 9.28. The highest BCUT2D eigenvalue weighted by molar-refractivity contribution is 8.00. The number of para-hydroxylation sites is 2. The monoisotopic (exact) mass is 360 g/mol. The summed E-state index contributed by atoms with van der Waals surface area (Å²) in [7, 11) is 0. The van der Waals surface area contributed by atoms with Crippen molar-refractivity contribution in [2.24, 2.45) is 0 Å². The van der Waals surface area contributed by atoms with E-state index >= 15 is 0 Å². The van der Waals surface area contributed by atoms with Crippen LogP contribution in [0.4, 0.5) is 11.4 Å². The smallest absolute Gasteiger partial charge is 0.292 e. The summed E-state index contributed by atoms with van der Waals surface area (Å²) >= 11 is 1.04. The van der Waals surface area contributed by atoms with Crippen LogP contribution in [0.1, 0.15) is 6.92 Å². The Bertz CT molecular complexity index is 893. The number of nitrogens with zero attached hydrogens (tertiary/aromatic N) is 3. The van der Waals surface area contributed by atoms with Gasteiger partial charge < -0.3 is 14.2 Å². The van der Waals surface area contributed by atoms with Crippen molar-refractivity contribution in [3.8, 4) is 11.7 Å². The molecule has 1 amide bonds. The van der Waals surface area contributed by atoms with E-state index in [1.807, 2.05) is 0 Å². The summed E-state index contributed by atoms with van der Waals surface area (Å²) in [5.74, 6) is 0.215. The second-order valence-electron chi connectivity index (χ2n) is 4.87. The number of nitro benzene ring substituents is 1. The first kappa shape index (κ1) is 16.7. The SMILES string of the molecule is C[C@H](Sc1nnc(-c2ccco2)o1)C(=O)Nc1ccccc1[N+](=O)[O-]. The van der Waals surface area contributed by atoms with Crippen LogP contribution in [-0.2, 0) is 4.79 Å². The molecule has 1 aromatic carbocycles. The number of nitro groups is 1. The van der Waals surface area contributed by atoms with Gasteiger partial charge in [-0.15, -0.1) is 10.2 Å². The van der Waals surface area contributed by atoms with E-state index in [4.69, 9.17) is 8.83 Å². The van der Waals surface area contributed by atoms with Crippen LogP contribution < -0.4 is 5.32 Å². The van der Waals surface area contributed by atoms with Crippen molar-refractivity contribution in [2.45, 2.75) is 17.4 Å². The van der Waals surface area contributed by atoms with E-state index in [9.17, 15) is 14.9 Å². The lowest BCUT2D eigenvalue weighted by atomic mass is 10.2. The highest BCUT2D eigenvalue weighted by atomic mass is 32.2. The summed E-state index contributed by atoms with van der Waals surface area (Å²) in [4.78, 5) is 22.7. The molecule has 1 atom stereocenters. The number of carbonyl (C=O) groups is 1. The fraction of sp³-hybridized carbons (Fsp3) is 0.133. The zero-order valence-corrected chi connectivity index (χ0v) is 13.7. The van der Waals surface area contributed by atoms with Gasteiger partial charge in [-0.3, -0.25) is 14.9 Å². The lowest BCUT2D eigenvalue weighted by Gasteiger charge is -2.09. The van der Waals surface area contributed by atoms with Crippen LogP contribution in [0.25, 0.3) is 11.7 Å². The Morgan fingerprint density at radius 2 is 2.08 bits per heavy atom. The van der Waals surface area contributed by atoms with Gasteiger partial charge in [0.05, 0.1) is 16.4 Å². The van der Waals surface area contributed by atoms with Crippen molar-refractivity contribution in [2.75, 3.05) is 5.32 Å². The lowest BCUT2D eigenvalue weighted by Crippen LogP contribution is -2.22. The number of hydrogen-bond donors (Lipinski definition) is 1. The molecular weight excluding hydrogens is 348 g/mol. The Morgan fingerprint density at radius 1 is 1.28 bits per heavy atom. The van der Waals surface area contributed by atoms with Crippen LogP contribution in [-0.4, -0.2) is 26.3 Å². The lowest BCUT2D eigenvalue weighted by molar-refractivity contribution is -0.383. The van der Waals surface area contributed by atoms with Crippen LogP contribution in [0, 0.1) is 10.1 Å². The fourth-order valence-corrected chi connectivity index (χ4v) is 2.62. The molecule has 0 bridgehead atoms. The highest BCUT2D eigenvalue weighted by Gasteiger charge is 2.22. The minimum Gasteiger partial charge on any atom is -0.459 e. The van der Waals surface area contributed by atoms with Crippen LogP contribution in [0.2, 0.25) is 0 Å². The predicted octanol–water partition coefficient (Wildman–Crippen LogP) is 3.36. The van der Waals surface area contributed by atoms with E-state index in [0.717, 1.165) is 11.8 Å². The highest BCUT2D eigenvalue weighted by Crippen LogP contribution is 2.28. The summed E-state index contributed by atoms with van der Waals surface area (Å²) in [5.41, 5.74) is -0.0438. The number of benzene rings is 1. The number of nitrogens with one attached hydrogen (secondary N) is 1. The minimum atomic E-state index is -0.607. The first-order chi connectivity index (χ1) is 12.0. The maximum Gasteiger partial charge on any atom is 0.292 e.